The Kier molecular flexibility index (Phi) is 6.76. The van der Waals surface area contributed by atoms with Gasteiger partial charge in [0.05, 0.1) is 22.0 Å². The van der Waals surface area contributed by atoms with Gasteiger partial charge in [-0.25, -0.2) is 0 Å². The van der Waals surface area contributed by atoms with Gasteiger partial charge in [0.25, 0.3) is 0 Å². The second kappa shape index (κ2) is 9.06. The SMILES string of the molecule is CCOc1cc(C2NC(C(=O)O)CS2)ccc1OCc1ccc(Cl)c(Cl)c1. The molecular formula is C19H19Cl2NO4S. The predicted molar refractivity (Wildman–Crippen MR) is 108 cm³/mol. The molecule has 1 fully saturated rings. The Balaban J connectivity index is 1.73. The van der Waals surface area contributed by atoms with Crippen LogP contribution in [0.25, 0.3) is 0 Å². The van der Waals surface area contributed by atoms with E-state index in [1.54, 1.807) is 23.9 Å². The summed E-state index contributed by atoms with van der Waals surface area (Å²) in [6, 6.07) is 10.5. The fourth-order valence-corrected chi connectivity index (χ4v) is 4.22. The van der Waals surface area contributed by atoms with E-state index in [0.717, 1.165) is 11.1 Å². The summed E-state index contributed by atoms with van der Waals surface area (Å²) in [6.45, 7) is 2.72. The van der Waals surface area contributed by atoms with Crippen LogP contribution in [0.3, 0.4) is 0 Å². The Morgan fingerprint density at radius 1 is 1.19 bits per heavy atom. The van der Waals surface area contributed by atoms with E-state index in [-0.39, 0.29) is 5.37 Å². The first-order chi connectivity index (χ1) is 13.0. The van der Waals surface area contributed by atoms with E-state index in [1.165, 1.54) is 0 Å². The summed E-state index contributed by atoms with van der Waals surface area (Å²) >= 11 is 13.5. The summed E-state index contributed by atoms with van der Waals surface area (Å²) in [5.41, 5.74) is 1.85. The minimum Gasteiger partial charge on any atom is -0.490 e. The third-order valence-corrected chi connectivity index (χ3v) is 6.04. The van der Waals surface area contributed by atoms with E-state index < -0.39 is 12.0 Å². The number of carbonyl (C=O) groups is 1. The molecule has 0 amide bonds. The molecule has 0 spiro atoms. The summed E-state index contributed by atoms with van der Waals surface area (Å²) in [5.74, 6) is 0.928. The smallest absolute Gasteiger partial charge is 0.321 e. The van der Waals surface area contributed by atoms with Gasteiger partial charge in [-0.3, -0.25) is 10.1 Å². The second-order valence-electron chi connectivity index (χ2n) is 5.95. The van der Waals surface area contributed by atoms with Gasteiger partial charge < -0.3 is 14.6 Å². The maximum absolute atomic E-state index is 11.1. The van der Waals surface area contributed by atoms with Crippen LogP contribution < -0.4 is 14.8 Å². The van der Waals surface area contributed by atoms with Gasteiger partial charge in [0.15, 0.2) is 11.5 Å². The van der Waals surface area contributed by atoms with Gasteiger partial charge in [0.1, 0.15) is 12.6 Å². The standard InChI is InChI=1S/C19H19Cl2NO4S/c1-2-25-17-8-12(18-22-15(10-27-18)19(23)24)4-6-16(17)26-9-11-3-5-13(20)14(21)7-11/h3-8,15,18,22H,2,9-10H2,1H3,(H,23,24). The van der Waals surface area contributed by atoms with Gasteiger partial charge in [-0.05, 0) is 42.3 Å². The topological polar surface area (TPSA) is 67.8 Å². The fourth-order valence-electron chi connectivity index (χ4n) is 2.67. The molecule has 1 heterocycles. The molecule has 1 aliphatic rings. The summed E-state index contributed by atoms with van der Waals surface area (Å²) < 4.78 is 11.6. The van der Waals surface area contributed by atoms with Gasteiger partial charge in [-0.15, -0.1) is 11.8 Å². The van der Waals surface area contributed by atoms with Crippen LogP contribution in [0.15, 0.2) is 36.4 Å². The number of carboxylic acid groups (broad SMARTS) is 1. The van der Waals surface area contributed by atoms with Crippen LogP contribution in [0.1, 0.15) is 23.4 Å². The van der Waals surface area contributed by atoms with Crippen LogP contribution in [0.4, 0.5) is 0 Å². The monoisotopic (exact) mass is 427 g/mol. The highest BCUT2D eigenvalue weighted by atomic mass is 35.5. The van der Waals surface area contributed by atoms with Crippen molar-refractivity contribution < 1.29 is 19.4 Å². The van der Waals surface area contributed by atoms with Crippen LogP contribution in [-0.4, -0.2) is 29.5 Å². The third-order valence-electron chi connectivity index (χ3n) is 4.03. The van der Waals surface area contributed by atoms with Gasteiger partial charge in [-0.1, -0.05) is 35.3 Å². The van der Waals surface area contributed by atoms with Crippen LogP contribution >= 0.6 is 35.0 Å². The van der Waals surface area contributed by atoms with E-state index >= 15 is 0 Å². The van der Waals surface area contributed by atoms with Crippen molar-refractivity contribution in [2.45, 2.75) is 24.9 Å². The normalized spacial score (nSPS) is 19.1. The molecule has 144 valence electrons. The van der Waals surface area contributed by atoms with Crippen molar-refractivity contribution in [1.29, 1.82) is 0 Å². The Bertz CT molecular complexity index is 833. The average Bonchev–Trinajstić information content (AvgIpc) is 3.14. The maximum atomic E-state index is 11.1. The number of rotatable bonds is 7. The molecule has 1 saturated heterocycles. The van der Waals surface area contributed by atoms with Gasteiger partial charge >= 0.3 is 5.97 Å². The zero-order valence-electron chi connectivity index (χ0n) is 14.6. The first kappa shape index (κ1) is 20.1. The van der Waals surface area contributed by atoms with Crippen molar-refractivity contribution >= 4 is 40.9 Å². The van der Waals surface area contributed by atoms with Crippen LogP contribution in [0, 0.1) is 0 Å². The third kappa shape index (κ3) is 5.02. The van der Waals surface area contributed by atoms with Crippen LogP contribution in [0.5, 0.6) is 11.5 Å². The minimum absolute atomic E-state index is 0.0885. The number of thioether (sulfide) groups is 1. The minimum atomic E-state index is -0.836. The second-order valence-corrected chi connectivity index (χ2v) is 7.90. The molecule has 0 aromatic heterocycles. The number of aliphatic carboxylic acids is 1. The molecule has 8 heteroatoms. The molecule has 27 heavy (non-hydrogen) atoms. The number of nitrogens with one attached hydrogen (secondary N) is 1. The van der Waals surface area contributed by atoms with E-state index in [4.69, 9.17) is 37.8 Å². The highest BCUT2D eigenvalue weighted by molar-refractivity contribution is 7.99. The molecule has 0 bridgehead atoms. The summed E-state index contributed by atoms with van der Waals surface area (Å²) in [4.78, 5) is 11.1. The van der Waals surface area contributed by atoms with Crippen molar-refractivity contribution in [3.05, 3.63) is 57.6 Å². The van der Waals surface area contributed by atoms with Crippen LogP contribution in [-0.2, 0) is 11.4 Å². The summed E-state index contributed by atoms with van der Waals surface area (Å²) in [5, 5.41) is 13.1. The molecule has 2 aromatic rings. The molecule has 5 nitrogen and oxygen atoms in total. The van der Waals surface area contributed by atoms with Crippen LogP contribution in [0.2, 0.25) is 10.0 Å². The predicted octanol–water partition coefficient (Wildman–Crippen LogP) is 4.76. The maximum Gasteiger partial charge on any atom is 0.321 e. The summed E-state index contributed by atoms with van der Waals surface area (Å²) in [6.07, 6.45) is 0. The Morgan fingerprint density at radius 2 is 2.00 bits per heavy atom. The van der Waals surface area contributed by atoms with Crippen molar-refractivity contribution in [2.24, 2.45) is 0 Å². The molecular weight excluding hydrogens is 409 g/mol. The fraction of sp³-hybridized carbons (Fsp3) is 0.316. The Morgan fingerprint density at radius 3 is 2.67 bits per heavy atom. The van der Waals surface area contributed by atoms with E-state index in [9.17, 15) is 4.79 Å². The lowest BCUT2D eigenvalue weighted by Crippen LogP contribution is -2.33. The largest absolute Gasteiger partial charge is 0.490 e. The molecule has 2 N–H and O–H groups in total. The van der Waals surface area contributed by atoms with E-state index in [2.05, 4.69) is 5.32 Å². The Labute approximate surface area is 171 Å². The van der Waals surface area contributed by atoms with Crippen molar-refractivity contribution in [3.63, 3.8) is 0 Å². The molecule has 2 atom stereocenters. The molecule has 3 rings (SSSR count). The number of hydrogen-bond acceptors (Lipinski definition) is 5. The molecule has 0 saturated carbocycles. The molecule has 2 unspecified atom stereocenters. The number of ether oxygens (including phenoxy) is 2. The Hall–Kier alpha value is -1.60. The number of halogens is 2. The molecule has 0 aliphatic carbocycles. The van der Waals surface area contributed by atoms with Gasteiger partial charge in [0, 0.05) is 5.75 Å². The lowest BCUT2D eigenvalue weighted by atomic mass is 10.2. The summed E-state index contributed by atoms with van der Waals surface area (Å²) in [7, 11) is 0. The van der Waals surface area contributed by atoms with Crippen molar-refractivity contribution in [2.75, 3.05) is 12.4 Å². The zero-order valence-corrected chi connectivity index (χ0v) is 16.9. The number of hydrogen-bond donors (Lipinski definition) is 2. The lowest BCUT2D eigenvalue weighted by Gasteiger charge is -2.16. The number of benzene rings is 2. The highest BCUT2D eigenvalue weighted by Crippen LogP contribution is 2.38. The average molecular weight is 428 g/mol. The molecule has 2 aromatic carbocycles. The lowest BCUT2D eigenvalue weighted by molar-refractivity contribution is -0.138. The first-order valence-electron chi connectivity index (χ1n) is 8.42. The highest BCUT2D eigenvalue weighted by Gasteiger charge is 2.30. The van der Waals surface area contributed by atoms with Gasteiger partial charge in [0.2, 0.25) is 0 Å². The molecule has 1 aliphatic heterocycles. The van der Waals surface area contributed by atoms with Crippen molar-refractivity contribution in [3.8, 4) is 11.5 Å². The quantitative estimate of drug-likeness (QED) is 0.663. The molecule has 0 radical (unpaired) electrons. The van der Waals surface area contributed by atoms with Gasteiger partial charge in [-0.2, -0.15) is 0 Å². The van der Waals surface area contributed by atoms with E-state index in [0.29, 0.717) is 40.5 Å². The first-order valence-corrected chi connectivity index (χ1v) is 10.2. The van der Waals surface area contributed by atoms with Crippen molar-refractivity contribution in [1.82, 2.24) is 5.32 Å². The number of carboxylic acids is 1. The van der Waals surface area contributed by atoms with E-state index in [1.807, 2.05) is 31.2 Å². The zero-order chi connectivity index (χ0) is 19.4.